The van der Waals surface area contributed by atoms with Crippen LogP contribution < -0.4 is 10.5 Å². The van der Waals surface area contributed by atoms with Gasteiger partial charge in [0, 0.05) is 6.54 Å². The van der Waals surface area contributed by atoms with Crippen LogP contribution in [0.5, 0.6) is 0 Å². The van der Waals surface area contributed by atoms with E-state index < -0.39 is 15.9 Å². The van der Waals surface area contributed by atoms with Gasteiger partial charge in [-0.25, -0.2) is 13.1 Å². The first-order valence-corrected chi connectivity index (χ1v) is 6.14. The van der Waals surface area contributed by atoms with E-state index in [0.717, 1.165) is 0 Å². The molecule has 0 aromatic rings. The summed E-state index contributed by atoms with van der Waals surface area (Å²) in [5.74, 6) is -0.580. The van der Waals surface area contributed by atoms with Crippen molar-refractivity contribution in [3.63, 3.8) is 0 Å². The number of rotatable bonds is 7. The Hall–Kier alpha value is -0.180. The van der Waals surface area contributed by atoms with Crippen molar-refractivity contribution >= 4 is 31.9 Å². The average Bonchev–Trinajstić information content (AvgIpc) is 2.03. The number of ether oxygens (including phenoxy) is 1. The molecule has 0 saturated heterocycles. The smallest absolute Gasteiger partial charge is 0.243 e. The Balaban J connectivity index is 3.42. The van der Waals surface area contributed by atoms with Crippen LogP contribution >= 0.6 is 15.9 Å². The lowest BCUT2D eigenvalue weighted by Gasteiger charge is -2.03. The number of hydrogen-bond donors (Lipinski definition) is 2. The molecule has 0 rings (SSSR count). The summed E-state index contributed by atoms with van der Waals surface area (Å²) in [6.45, 7) is 0.0480. The van der Waals surface area contributed by atoms with Crippen LogP contribution in [0, 0.1) is 0 Å². The van der Waals surface area contributed by atoms with Crippen LogP contribution in [0.25, 0.3) is 0 Å². The van der Waals surface area contributed by atoms with Crippen molar-refractivity contribution in [3.8, 4) is 0 Å². The zero-order valence-electron chi connectivity index (χ0n) is 6.82. The van der Waals surface area contributed by atoms with Gasteiger partial charge in [-0.05, 0) is 0 Å². The van der Waals surface area contributed by atoms with Gasteiger partial charge in [-0.1, -0.05) is 15.9 Å². The Bertz CT molecular complexity index is 253. The molecule has 0 radical (unpaired) electrons. The van der Waals surface area contributed by atoms with Crippen molar-refractivity contribution in [2.75, 3.05) is 24.4 Å². The summed E-state index contributed by atoms with van der Waals surface area (Å²) in [6, 6.07) is 0. The highest BCUT2D eigenvalue weighted by atomic mass is 79.9. The number of carbonyl (C=O) groups is 1. The average molecular weight is 275 g/mol. The maximum Gasteiger partial charge on any atom is 0.243 e. The molecule has 8 heteroatoms. The van der Waals surface area contributed by atoms with Crippen LogP contribution in [-0.4, -0.2) is 38.7 Å². The normalized spacial score (nSPS) is 11.5. The third-order valence-corrected chi connectivity index (χ3v) is 3.70. The van der Waals surface area contributed by atoms with E-state index in [-0.39, 0.29) is 24.4 Å². The molecule has 1 amide bonds. The molecule has 0 fully saturated rings. The number of alkyl halides is 1. The lowest BCUT2D eigenvalue weighted by atomic mass is 10.6. The molecular weight excluding hydrogens is 264 g/mol. The third-order valence-electron chi connectivity index (χ3n) is 0.956. The van der Waals surface area contributed by atoms with Crippen molar-refractivity contribution in [3.05, 3.63) is 0 Å². The van der Waals surface area contributed by atoms with Gasteiger partial charge in [0.05, 0.1) is 6.61 Å². The second-order valence-electron chi connectivity index (χ2n) is 2.14. The Labute approximate surface area is 85.0 Å². The highest BCUT2D eigenvalue weighted by Crippen LogP contribution is 1.89. The summed E-state index contributed by atoms with van der Waals surface area (Å²) in [5.41, 5.74) is 4.78. The predicted molar refractivity (Wildman–Crippen MR) is 50.7 cm³/mol. The molecule has 0 bridgehead atoms. The van der Waals surface area contributed by atoms with E-state index in [1.54, 1.807) is 0 Å². The van der Waals surface area contributed by atoms with Crippen LogP contribution in [-0.2, 0) is 19.6 Å². The van der Waals surface area contributed by atoms with Gasteiger partial charge < -0.3 is 10.5 Å². The Kier molecular flexibility index (Phi) is 6.21. The number of carbonyl (C=O) groups excluding carboxylic acids is 1. The van der Waals surface area contributed by atoms with E-state index in [0.29, 0.717) is 0 Å². The van der Waals surface area contributed by atoms with Crippen molar-refractivity contribution in [1.29, 1.82) is 0 Å². The van der Waals surface area contributed by atoms with Crippen LogP contribution in [0.15, 0.2) is 0 Å². The van der Waals surface area contributed by atoms with Gasteiger partial charge in [0.1, 0.15) is 11.3 Å². The molecule has 13 heavy (non-hydrogen) atoms. The fourth-order valence-electron chi connectivity index (χ4n) is 0.481. The maximum atomic E-state index is 10.8. The van der Waals surface area contributed by atoms with Crippen molar-refractivity contribution in [1.82, 2.24) is 4.72 Å². The van der Waals surface area contributed by atoms with Crippen LogP contribution in [0.1, 0.15) is 0 Å². The zero-order chi connectivity index (χ0) is 10.3. The van der Waals surface area contributed by atoms with E-state index >= 15 is 0 Å². The van der Waals surface area contributed by atoms with E-state index in [1.807, 2.05) is 0 Å². The second kappa shape index (κ2) is 6.30. The van der Waals surface area contributed by atoms with Crippen molar-refractivity contribution in [2.24, 2.45) is 5.73 Å². The number of amides is 1. The van der Waals surface area contributed by atoms with E-state index in [9.17, 15) is 13.2 Å². The number of halogens is 1. The fraction of sp³-hybridized carbons (Fsp3) is 0.800. The first-order valence-electron chi connectivity index (χ1n) is 3.37. The van der Waals surface area contributed by atoms with Gasteiger partial charge in [-0.15, -0.1) is 0 Å². The number of sulfonamides is 1. The largest absolute Gasteiger partial charge is 0.370 e. The monoisotopic (exact) mass is 274 g/mol. The quantitative estimate of drug-likeness (QED) is 0.448. The van der Waals surface area contributed by atoms with Crippen molar-refractivity contribution < 1.29 is 17.9 Å². The molecule has 0 atom stereocenters. The first kappa shape index (κ1) is 12.8. The molecule has 0 spiro atoms. The van der Waals surface area contributed by atoms with Gasteiger partial charge in [0.25, 0.3) is 0 Å². The predicted octanol–water partition coefficient (Wildman–Crippen LogP) is -1.24. The SMILES string of the molecule is NC(=O)COCCNS(=O)(=O)CBr. The number of nitrogens with one attached hydrogen (secondary N) is 1. The molecular formula is C5H11BrN2O4S. The molecule has 0 aromatic heterocycles. The van der Waals surface area contributed by atoms with Gasteiger partial charge in [-0.3, -0.25) is 4.79 Å². The molecule has 0 saturated carbocycles. The van der Waals surface area contributed by atoms with E-state index in [2.05, 4.69) is 20.7 Å². The highest BCUT2D eigenvalue weighted by molar-refractivity contribution is 9.10. The minimum Gasteiger partial charge on any atom is -0.370 e. The lowest BCUT2D eigenvalue weighted by Crippen LogP contribution is -2.29. The highest BCUT2D eigenvalue weighted by Gasteiger charge is 2.05. The summed E-state index contributed by atoms with van der Waals surface area (Å²) in [7, 11) is -3.25. The molecule has 3 N–H and O–H groups in total. The van der Waals surface area contributed by atoms with Crippen molar-refractivity contribution in [2.45, 2.75) is 0 Å². The molecule has 0 unspecified atom stereocenters. The second-order valence-corrected chi connectivity index (χ2v) is 5.25. The molecule has 0 aromatic carbocycles. The zero-order valence-corrected chi connectivity index (χ0v) is 9.23. The van der Waals surface area contributed by atoms with Crippen LogP contribution in [0.2, 0.25) is 0 Å². The summed E-state index contributed by atoms with van der Waals surface area (Å²) in [5, 5.41) is 0. The Morgan fingerprint density at radius 1 is 1.54 bits per heavy atom. The number of nitrogens with two attached hydrogens (primary N) is 1. The summed E-state index contributed by atoms with van der Waals surface area (Å²) >= 11 is 2.80. The maximum absolute atomic E-state index is 10.8. The minimum absolute atomic E-state index is 0.120. The van der Waals surface area contributed by atoms with Gasteiger partial charge in [0.15, 0.2) is 0 Å². The summed E-state index contributed by atoms with van der Waals surface area (Å²) in [6.07, 6.45) is 0. The topological polar surface area (TPSA) is 98.5 Å². The minimum atomic E-state index is -3.25. The molecule has 0 aliphatic heterocycles. The lowest BCUT2D eigenvalue weighted by molar-refractivity contribution is -0.122. The first-order chi connectivity index (χ1) is 5.98. The molecule has 0 heterocycles. The fourth-order valence-corrected chi connectivity index (χ4v) is 1.44. The molecule has 0 aliphatic rings. The van der Waals surface area contributed by atoms with Gasteiger partial charge in [-0.2, -0.15) is 0 Å². The van der Waals surface area contributed by atoms with E-state index in [4.69, 9.17) is 10.5 Å². The number of hydrogen-bond acceptors (Lipinski definition) is 4. The summed E-state index contributed by atoms with van der Waals surface area (Å²) < 4.78 is 28.4. The molecule has 78 valence electrons. The number of primary amides is 1. The molecule has 0 aliphatic carbocycles. The van der Waals surface area contributed by atoms with Gasteiger partial charge >= 0.3 is 0 Å². The standard InChI is InChI=1S/C5H11BrN2O4S/c6-4-13(10,11)8-1-2-12-3-5(7)9/h8H,1-4H2,(H2,7,9). The van der Waals surface area contributed by atoms with E-state index in [1.165, 1.54) is 0 Å². The Morgan fingerprint density at radius 3 is 2.62 bits per heavy atom. The van der Waals surface area contributed by atoms with Crippen LogP contribution in [0.3, 0.4) is 0 Å². The van der Waals surface area contributed by atoms with Crippen LogP contribution in [0.4, 0.5) is 0 Å². The molecule has 6 nitrogen and oxygen atoms in total. The van der Waals surface area contributed by atoms with Gasteiger partial charge in [0.2, 0.25) is 15.9 Å². The summed E-state index contributed by atoms with van der Waals surface area (Å²) in [4.78, 5) is 10.2. The third kappa shape index (κ3) is 8.16. The Morgan fingerprint density at radius 2 is 2.15 bits per heavy atom.